The van der Waals surface area contributed by atoms with Gasteiger partial charge in [-0.05, 0) is 125 Å². The molecule has 0 spiro atoms. The van der Waals surface area contributed by atoms with Crippen LogP contribution < -0.4 is 19.8 Å². The number of hydrogen-bond acceptors (Lipinski definition) is 10. The Kier molecular flexibility index (Phi) is 14.8. The van der Waals surface area contributed by atoms with E-state index in [0.717, 1.165) is 50.6 Å². The second-order valence-corrected chi connectivity index (χ2v) is 15.9. The van der Waals surface area contributed by atoms with E-state index in [1.165, 1.54) is 26.4 Å². The summed E-state index contributed by atoms with van der Waals surface area (Å²) in [6.07, 6.45) is 4.12. The van der Waals surface area contributed by atoms with E-state index in [9.17, 15) is 30.6 Å². The van der Waals surface area contributed by atoms with Crippen molar-refractivity contribution in [3.63, 3.8) is 0 Å². The van der Waals surface area contributed by atoms with Gasteiger partial charge in [-0.25, -0.2) is 0 Å². The normalized spacial score (nSPS) is 13.5. The quantitative estimate of drug-likeness (QED) is 0.0437. The number of aliphatic hydroxyl groups excluding tert-OH is 3. The number of rotatable bonds is 21. The molecule has 0 fully saturated rings. The molecule has 6 rings (SSSR count). The van der Waals surface area contributed by atoms with Gasteiger partial charge in [0.2, 0.25) is 0 Å². The van der Waals surface area contributed by atoms with Crippen LogP contribution in [0, 0.1) is 5.92 Å². The predicted molar refractivity (Wildman–Crippen MR) is 236 cm³/mol. The molecule has 0 saturated carbocycles. The number of methoxy groups -OCH3 is 2. The Bertz CT molecular complexity index is 2430. The monoisotopic (exact) mass is 829 g/mol. The number of phenols is 3. The number of ether oxygens (including phenoxy) is 2. The number of carbonyl (C=O) groups is 1. The number of nitrogens with zero attached hydrogens (tertiary/aromatic N) is 1. The number of hydrogen-bond donors (Lipinski definition) is 7. The van der Waals surface area contributed by atoms with Crippen molar-refractivity contribution in [2.45, 2.75) is 69.9 Å². The second kappa shape index (κ2) is 20.1. The number of ketones is 1. The molecule has 1 heterocycles. The number of aryl methyl sites for hydroxylation is 1. The average molecular weight is 830 g/mol. The number of aromatic hydroxyl groups is 3. The average Bonchev–Trinajstić information content (AvgIpc) is 3.77. The van der Waals surface area contributed by atoms with Gasteiger partial charge >= 0.3 is 0 Å². The van der Waals surface area contributed by atoms with Crippen LogP contribution in [0.1, 0.15) is 63.4 Å². The maximum Gasteiger partial charge on any atom is 0.164 e. The lowest BCUT2D eigenvalue weighted by Gasteiger charge is -2.34. The zero-order valence-electron chi connectivity index (χ0n) is 35.3. The van der Waals surface area contributed by atoms with Crippen LogP contribution in [0.4, 0.5) is 0 Å². The molecule has 1 aromatic heterocycles. The van der Waals surface area contributed by atoms with Crippen LogP contribution in [0.2, 0.25) is 0 Å². The van der Waals surface area contributed by atoms with Crippen molar-refractivity contribution in [3.8, 4) is 28.7 Å². The minimum Gasteiger partial charge on any atom is -0.670 e. The molecular weight excluding hydrogens is 773 g/mol. The van der Waals surface area contributed by atoms with Gasteiger partial charge in [0.15, 0.2) is 23.0 Å². The smallest absolute Gasteiger partial charge is 0.164 e. The topological polar surface area (TPSA) is 183 Å². The summed E-state index contributed by atoms with van der Waals surface area (Å²) in [4.78, 5) is 19.3. The summed E-state index contributed by atoms with van der Waals surface area (Å²) in [6, 6.07) is 25.2. The number of carbonyl (C=O) groups excluding carboxylic acids is 1. The van der Waals surface area contributed by atoms with Gasteiger partial charge in [0.25, 0.3) is 0 Å². The Morgan fingerprint density at radius 3 is 2.30 bits per heavy atom. The Balaban J connectivity index is 1.43. The third-order valence-electron chi connectivity index (χ3n) is 12.0. The molecule has 7 N–H and O–H groups in total. The highest BCUT2D eigenvalue weighted by molar-refractivity contribution is 5.92. The van der Waals surface area contributed by atoms with E-state index in [1.54, 1.807) is 49.8 Å². The molecule has 6 aromatic rings. The van der Waals surface area contributed by atoms with Crippen molar-refractivity contribution in [3.05, 3.63) is 147 Å². The summed E-state index contributed by atoms with van der Waals surface area (Å²) >= 11 is 0. The van der Waals surface area contributed by atoms with Crippen LogP contribution in [0.5, 0.6) is 28.7 Å². The van der Waals surface area contributed by atoms with Gasteiger partial charge in [-0.3, -0.25) is 4.79 Å². The van der Waals surface area contributed by atoms with Gasteiger partial charge in [0, 0.05) is 31.6 Å². The molecule has 0 saturated heterocycles. The summed E-state index contributed by atoms with van der Waals surface area (Å²) in [5.74, 6) is -0.642. The minimum atomic E-state index is -1.61. The fourth-order valence-electron chi connectivity index (χ4n) is 8.84. The summed E-state index contributed by atoms with van der Waals surface area (Å²) in [5, 5.41) is 71.3. The highest BCUT2D eigenvalue weighted by atomic mass is 16.5. The van der Waals surface area contributed by atoms with Crippen molar-refractivity contribution in [2.75, 3.05) is 34.5 Å². The standard InChI is InChI=1S/C50H57N2O9/c1-5-34-10-11-35-7-6-8-36(16-18-53)48(35)41(34)25-42-37(12-14-44(57)49(42)61-4)23-38(19-32-15-17-52-29-32)45(58)26-47(59)50(30-54,27-31-9-13-43(56)46(22-31)60-3)39-20-33(28-51-2)21-40(55)24-39/h6-15,17,20-22,24,29,38,45,51,53-58H,5,16,18-19,23,25-28,30H2,1-4H3/q-1/t38-,45+,50-/m0/s1. The molecule has 0 bridgehead atoms. The Morgan fingerprint density at radius 1 is 0.820 bits per heavy atom. The second-order valence-electron chi connectivity index (χ2n) is 15.9. The van der Waals surface area contributed by atoms with Gasteiger partial charge in [0.05, 0.1) is 32.3 Å². The highest BCUT2D eigenvalue weighted by Gasteiger charge is 2.42. The predicted octanol–water partition coefficient (Wildman–Crippen LogP) is 6.23. The SMILES string of the molecule is CCc1ccc2cccc(CCO)c2c1Cc1c(C[C@H](Cc2cc[n-]c2)[C@H](O)CC(=O)[C@](CO)(Cc2ccc(O)c(OC)c2)c2cc(O)cc(CNC)c2)ccc(O)c1OC. The summed E-state index contributed by atoms with van der Waals surface area (Å²) in [7, 11) is 4.71. The van der Waals surface area contributed by atoms with E-state index in [-0.39, 0.29) is 42.4 Å². The molecular formula is C50H57N2O9-. The fraction of sp³-hybridized carbons (Fsp3) is 0.340. The first kappa shape index (κ1) is 44.7. The van der Waals surface area contributed by atoms with Crippen molar-refractivity contribution in [1.82, 2.24) is 10.3 Å². The number of Topliss-reactive ketones (excluding diaryl/α,β-unsaturated/α-hetero) is 1. The van der Waals surface area contributed by atoms with E-state index in [4.69, 9.17) is 9.47 Å². The van der Waals surface area contributed by atoms with Gasteiger partial charge < -0.3 is 50.4 Å². The first-order chi connectivity index (χ1) is 29.5. The molecule has 322 valence electrons. The van der Waals surface area contributed by atoms with E-state index in [1.807, 2.05) is 24.3 Å². The molecule has 61 heavy (non-hydrogen) atoms. The largest absolute Gasteiger partial charge is 0.670 e. The van der Waals surface area contributed by atoms with Crippen LogP contribution in [0.15, 0.2) is 97.3 Å². The molecule has 0 aliphatic rings. The molecule has 0 unspecified atom stereocenters. The highest BCUT2D eigenvalue weighted by Crippen LogP contribution is 2.41. The first-order valence-electron chi connectivity index (χ1n) is 20.7. The summed E-state index contributed by atoms with van der Waals surface area (Å²) < 4.78 is 11.3. The van der Waals surface area contributed by atoms with Crippen molar-refractivity contribution >= 4 is 16.6 Å². The number of aliphatic hydroxyl groups is 3. The molecule has 5 aromatic carbocycles. The van der Waals surface area contributed by atoms with Crippen molar-refractivity contribution in [2.24, 2.45) is 5.92 Å². The van der Waals surface area contributed by atoms with Gasteiger partial charge in [-0.1, -0.05) is 67.1 Å². The first-order valence-corrected chi connectivity index (χ1v) is 20.7. The van der Waals surface area contributed by atoms with Gasteiger partial charge in [-0.15, -0.1) is 0 Å². The zero-order chi connectivity index (χ0) is 43.7. The number of phenolic OH excluding ortho intramolecular Hbond substituents is 3. The van der Waals surface area contributed by atoms with E-state index in [0.29, 0.717) is 54.7 Å². The Morgan fingerprint density at radius 2 is 1.61 bits per heavy atom. The van der Waals surface area contributed by atoms with Crippen LogP contribution in [-0.4, -0.2) is 77.0 Å². The molecule has 0 aliphatic carbocycles. The Hall–Kier alpha value is -5.85. The third kappa shape index (κ3) is 9.87. The molecule has 11 nitrogen and oxygen atoms in total. The van der Waals surface area contributed by atoms with Crippen molar-refractivity contribution in [1.29, 1.82) is 0 Å². The zero-order valence-corrected chi connectivity index (χ0v) is 35.3. The fourth-order valence-corrected chi connectivity index (χ4v) is 8.84. The molecule has 3 atom stereocenters. The molecule has 0 amide bonds. The third-order valence-corrected chi connectivity index (χ3v) is 12.0. The van der Waals surface area contributed by atoms with Crippen LogP contribution >= 0.6 is 0 Å². The van der Waals surface area contributed by atoms with Gasteiger partial charge in [0.1, 0.15) is 11.5 Å². The maximum atomic E-state index is 15.0. The van der Waals surface area contributed by atoms with Crippen LogP contribution in [0.25, 0.3) is 10.8 Å². The summed E-state index contributed by atoms with van der Waals surface area (Å²) in [6.45, 7) is 1.85. The van der Waals surface area contributed by atoms with E-state index >= 15 is 4.79 Å². The number of aromatic nitrogens is 1. The molecule has 0 aliphatic heterocycles. The Labute approximate surface area is 357 Å². The van der Waals surface area contributed by atoms with E-state index in [2.05, 4.69) is 35.4 Å². The van der Waals surface area contributed by atoms with Gasteiger partial charge in [-0.2, -0.15) is 12.4 Å². The molecule has 0 radical (unpaired) electrons. The lowest BCUT2D eigenvalue weighted by molar-refractivity contribution is -0.129. The number of benzene rings is 5. The number of nitrogens with one attached hydrogen (secondary N) is 1. The molecule has 11 heteroatoms. The van der Waals surface area contributed by atoms with Crippen LogP contribution in [-0.2, 0) is 55.3 Å². The maximum absolute atomic E-state index is 15.0. The van der Waals surface area contributed by atoms with Crippen LogP contribution in [0.3, 0.4) is 0 Å². The van der Waals surface area contributed by atoms with Crippen molar-refractivity contribution < 1.29 is 44.9 Å². The number of fused-ring (bicyclic) bond motifs is 1. The van der Waals surface area contributed by atoms with E-state index < -0.39 is 29.8 Å². The lowest BCUT2D eigenvalue weighted by atomic mass is 9.70. The summed E-state index contributed by atoms with van der Waals surface area (Å²) in [5.41, 5.74) is 5.69. The minimum absolute atomic E-state index is 0.00623. The lowest BCUT2D eigenvalue weighted by Crippen LogP contribution is -2.44.